The number of nitrogens with zero attached hydrogens (tertiary/aromatic N) is 1. The molecule has 0 aliphatic carbocycles. The molecule has 0 radical (unpaired) electrons. The van der Waals surface area contributed by atoms with Crippen LogP contribution in [0, 0.1) is 0 Å². The van der Waals surface area contributed by atoms with Crippen LogP contribution in [0.2, 0.25) is 10.0 Å². The fraction of sp³-hybridized carbons (Fsp3) is 0.333. The molecule has 0 saturated heterocycles. The van der Waals surface area contributed by atoms with Gasteiger partial charge in [0.2, 0.25) is 5.91 Å². The Kier molecular flexibility index (Phi) is 8.80. The third-order valence-electron chi connectivity index (χ3n) is 4.11. The van der Waals surface area contributed by atoms with Crippen molar-refractivity contribution in [1.29, 1.82) is 0 Å². The van der Waals surface area contributed by atoms with Gasteiger partial charge in [0, 0.05) is 22.1 Å². The summed E-state index contributed by atoms with van der Waals surface area (Å²) in [4.78, 5) is 26.9. The Morgan fingerprint density at radius 3 is 2.34 bits per heavy atom. The van der Waals surface area contributed by atoms with E-state index in [1.165, 1.54) is 4.90 Å². The second-order valence-corrected chi connectivity index (χ2v) is 8.61. The lowest BCUT2D eigenvalue weighted by Crippen LogP contribution is -2.50. The molecule has 0 bridgehead atoms. The van der Waals surface area contributed by atoms with Gasteiger partial charge in [-0.3, -0.25) is 9.59 Å². The largest absolute Gasteiger partial charge is 0.482 e. The average molecular weight is 502 g/mol. The molecule has 2 rings (SSSR count). The molecule has 0 fully saturated rings. The molecule has 8 heteroatoms. The Hall–Kier alpha value is -1.76. The number of carbonyl (C=O) groups is 2. The van der Waals surface area contributed by atoms with Crippen LogP contribution in [0.1, 0.15) is 26.3 Å². The summed E-state index contributed by atoms with van der Waals surface area (Å²) in [6, 6.07) is 11.6. The summed E-state index contributed by atoms with van der Waals surface area (Å²) in [5.41, 5.74) is 0.855. The zero-order valence-corrected chi connectivity index (χ0v) is 19.5. The Labute approximate surface area is 189 Å². The molecular weight excluding hydrogens is 479 g/mol. The smallest absolute Gasteiger partial charge is 0.261 e. The van der Waals surface area contributed by atoms with Crippen molar-refractivity contribution in [3.05, 3.63) is 62.5 Å². The van der Waals surface area contributed by atoms with Crippen LogP contribution in [0.5, 0.6) is 5.75 Å². The number of benzene rings is 2. The van der Waals surface area contributed by atoms with Crippen LogP contribution in [0.25, 0.3) is 0 Å². The highest BCUT2D eigenvalue weighted by Crippen LogP contribution is 2.27. The van der Waals surface area contributed by atoms with E-state index in [1.807, 2.05) is 26.0 Å². The molecule has 2 amide bonds. The van der Waals surface area contributed by atoms with Gasteiger partial charge in [-0.15, -0.1) is 0 Å². The molecule has 2 aromatic rings. The number of hydrogen-bond donors (Lipinski definition) is 1. The summed E-state index contributed by atoms with van der Waals surface area (Å²) in [7, 11) is 0. The lowest BCUT2D eigenvalue weighted by molar-refractivity contribution is -0.142. The molecule has 0 aromatic heterocycles. The minimum absolute atomic E-state index is 0.0322. The molecule has 156 valence electrons. The van der Waals surface area contributed by atoms with E-state index < -0.39 is 6.04 Å². The highest BCUT2D eigenvalue weighted by Gasteiger charge is 2.27. The number of amides is 2. The van der Waals surface area contributed by atoms with E-state index in [4.69, 9.17) is 27.9 Å². The molecule has 5 nitrogen and oxygen atoms in total. The molecule has 0 spiro atoms. The maximum Gasteiger partial charge on any atom is 0.261 e. The zero-order chi connectivity index (χ0) is 21.6. The molecule has 29 heavy (non-hydrogen) atoms. The number of rotatable bonds is 8. The maximum atomic E-state index is 12.9. The van der Waals surface area contributed by atoms with Crippen molar-refractivity contribution in [3.8, 4) is 5.75 Å². The molecule has 1 atom stereocenters. The van der Waals surface area contributed by atoms with Crippen molar-refractivity contribution in [1.82, 2.24) is 10.2 Å². The number of ether oxygens (including phenoxy) is 1. The van der Waals surface area contributed by atoms with Crippen LogP contribution in [0.4, 0.5) is 0 Å². The molecule has 0 aliphatic rings. The molecule has 0 heterocycles. The summed E-state index contributed by atoms with van der Waals surface area (Å²) in [5.74, 6) is -0.164. The van der Waals surface area contributed by atoms with Crippen LogP contribution in [-0.4, -0.2) is 35.4 Å². The summed E-state index contributed by atoms with van der Waals surface area (Å²) in [6.07, 6.45) is 0. The highest BCUT2D eigenvalue weighted by molar-refractivity contribution is 9.10. The Bertz CT molecular complexity index is 860. The Morgan fingerprint density at radius 1 is 1.10 bits per heavy atom. The molecule has 0 saturated carbocycles. The summed E-state index contributed by atoms with van der Waals surface area (Å²) in [5, 5.41) is 3.83. The van der Waals surface area contributed by atoms with Gasteiger partial charge >= 0.3 is 0 Å². The van der Waals surface area contributed by atoms with Gasteiger partial charge in [-0.2, -0.15) is 0 Å². The van der Waals surface area contributed by atoms with Crippen molar-refractivity contribution >= 4 is 50.9 Å². The van der Waals surface area contributed by atoms with E-state index in [-0.39, 0.29) is 31.0 Å². The Morgan fingerprint density at radius 2 is 1.76 bits per heavy atom. The second-order valence-electron chi connectivity index (χ2n) is 6.85. The van der Waals surface area contributed by atoms with Crippen LogP contribution >= 0.6 is 39.1 Å². The minimum atomic E-state index is -0.676. The van der Waals surface area contributed by atoms with Crippen molar-refractivity contribution < 1.29 is 14.3 Å². The SMILES string of the molecule is CC(C)NC(=O)[C@H](C)N(Cc1ccc(Cl)cc1)C(=O)COc1ccc(Br)cc1Cl. The van der Waals surface area contributed by atoms with Crippen LogP contribution in [-0.2, 0) is 16.1 Å². The van der Waals surface area contributed by atoms with Gasteiger partial charge in [-0.1, -0.05) is 51.3 Å². The Balaban J connectivity index is 2.16. The molecule has 0 aliphatic heterocycles. The van der Waals surface area contributed by atoms with Crippen LogP contribution < -0.4 is 10.1 Å². The predicted octanol–water partition coefficient (Wildman–Crippen LogP) is 5.08. The van der Waals surface area contributed by atoms with Crippen LogP contribution in [0.15, 0.2) is 46.9 Å². The number of nitrogens with one attached hydrogen (secondary N) is 1. The van der Waals surface area contributed by atoms with E-state index in [1.54, 1.807) is 37.3 Å². The average Bonchev–Trinajstić information content (AvgIpc) is 2.65. The summed E-state index contributed by atoms with van der Waals surface area (Å²) >= 11 is 15.4. The molecule has 1 N–H and O–H groups in total. The minimum Gasteiger partial charge on any atom is -0.482 e. The van der Waals surface area contributed by atoms with Gasteiger partial charge in [0.25, 0.3) is 5.91 Å². The zero-order valence-electron chi connectivity index (χ0n) is 16.4. The standard InChI is InChI=1S/C21H23BrCl2N2O3/c1-13(2)25-21(28)14(3)26(11-15-4-7-17(23)8-5-15)20(27)12-29-19-9-6-16(22)10-18(19)24/h4-10,13-14H,11-12H2,1-3H3,(H,25,28)/t14-/m0/s1. The van der Waals surface area contributed by atoms with E-state index in [0.717, 1.165) is 10.0 Å². The van der Waals surface area contributed by atoms with Gasteiger partial charge in [0.1, 0.15) is 11.8 Å². The fourth-order valence-corrected chi connectivity index (χ4v) is 3.44. The highest BCUT2D eigenvalue weighted by atomic mass is 79.9. The third kappa shape index (κ3) is 7.21. The van der Waals surface area contributed by atoms with Gasteiger partial charge in [-0.05, 0) is 56.7 Å². The van der Waals surface area contributed by atoms with Gasteiger partial charge in [0.15, 0.2) is 6.61 Å². The van der Waals surface area contributed by atoms with E-state index in [0.29, 0.717) is 15.8 Å². The van der Waals surface area contributed by atoms with Gasteiger partial charge in [-0.25, -0.2) is 0 Å². The first-order valence-corrected chi connectivity index (χ1v) is 10.6. The topological polar surface area (TPSA) is 58.6 Å². The first-order valence-electron chi connectivity index (χ1n) is 9.09. The van der Waals surface area contributed by atoms with Gasteiger partial charge in [0.05, 0.1) is 5.02 Å². The normalized spacial score (nSPS) is 11.8. The van der Waals surface area contributed by atoms with Crippen molar-refractivity contribution in [2.45, 2.75) is 39.4 Å². The molecular formula is C21H23BrCl2N2O3. The lowest BCUT2D eigenvalue weighted by atomic mass is 10.1. The predicted molar refractivity (Wildman–Crippen MR) is 119 cm³/mol. The van der Waals surface area contributed by atoms with E-state index >= 15 is 0 Å². The molecule has 2 aromatic carbocycles. The van der Waals surface area contributed by atoms with Crippen LogP contribution in [0.3, 0.4) is 0 Å². The van der Waals surface area contributed by atoms with E-state index in [2.05, 4.69) is 21.2 Å². The molecule has 0 unspecified atom stereocenters. The summed E-state index contributed by atoms with van der Waals surface area (Å²) < 4.78 is 6.42. The first kappa shape index (κ1) is 23.5. The first-order chi connectivity index (χ1) is 13.7. The quantitative estimate of drug-likeness (QED) is 0.548. The monoisotopic (exact) mass is 500 g/mol. The second kappa shape index (κ2) is 10.9. The van der Waals surface area contributed by atoms with Crippen molar-refractivity contribution in [3.63, 3.8) is 0 Å². The summed E-state index contributed by atoms with van der Waals surface area (Å²) in [6.45, 7) is 5.44. The van der Waals surface area contributed by atoms with Crippen molar-refractivity contribution in [2.24, 2.45) is 0 Å². The van der Waals surface area contributed by atoms with Gasteiger partial charge < -0.3 is 15.0 Å². The maximum absolute atomic E-state index is 12.9. The van der Waals surface area contributed by atoms with Crippen molar-refractivity contribution in [2.75, 3.05) is 6.61 Å². The number of carbonyl (C=O) groups excluding carboxylic acids is 2. The lowest BCUT2D eigenvalue weighted by Gasteiger charge is -2.29. The fourth-order valence-electron chi connectivity index (χ4n) is 2.59. The number of halogens is 3. The third-order valence-corrected chi connectivity index (χ3v) is 5.15. The van der Waals surface area contributed by atoms with E-state index in [9.17, 15) is 9.59 Å². The number of hydrogen-bond acceptors (Lipinski definition) is 3.